The van der Waals surface area contributed by atoms with E-state index in [1.807, 2.05) is 36.1 Å². The molecule has 2 unspecified atom stereocenters. The zero-order valence-electron chi connectivity index (χ0n) is 15.7. The Morgan fingerprint density at radius 3 is 2.89 bits per heavy atom. The highest BCUT2D eigenvalue weighted by Crippen LogP contribution is 2.22. The number of aryl methyl sites for hydroxylation is 1. The molecular formula is C20H26N4O3. The van der Waals surface area contributed by atoms with Crippen LogP contribution in [0.4, 0.5) is 0 Å². The number of nitrogens with one attached hydrogen (secondary N) is 1. The topological polar surface area (TPSA) is 80.5 Å². The summed E-state index contributed by atoms with van der Waals surface area (Å²) in [6, 6.07) is 8.63. The lowest BCUT2D eigenvalue weighted by Crippen LogP contribution is -2.39. The quantitative estimate of drug-likeness (QED) is 0.841. The lowest BCUT2D eigenvalue weighted by molar-refractivity contribution is -0.131. The molecule has 7 nitrogen and oxygen atoms in total. The minimum Gasteiger partial charge on any atom is -0.494 e. The molecule has 1 aromatic carbocycles. The molecule has 7 heteroatoms. The summed E-state index contributed by atoms with van der Waals surface area (Å²) in [4.78, 5) is 19.0. The van der Waals surface area contributed by atoms with E-state index in [1.165, 1.54) is 12.8 Å². The van der Waals surface area contributed by atoms with Crippen molar-refractivity contribution in [1.29, 1.82) is 0 Å². The zero-order chi connectivity index (χ0) is 18.6. The molecule has 144 valence electrons. The number of aromatic nitrogens is 2. The predicted octanol–water partition coefficient (Wildman–Crippen LogP) is 2.42. The molecule has 27 heavy (non-hydrogen) atoms. The number of ether oxygens (including phenoxy) is 1. The normalized spacial score (nSPS) is 21.9. The van der Waals surface area contributed by atoms with Crippen molar-refractivity contribution in [3.8, 4) is 17.1 Å². The molecule has 4 rings (SSSR count). The fourth-order valence-electron chi connectivity index (χ4n) is 3.88. The molecule has 2 atom stereocenters. The molecule has 0 radical (unpaired) electrons. The minimum absolute atomic E-state index is 0.171. The number of nitrogens with zero attached hydrogens (tertiary/aromatic N) is 3. The number of hydrogen-bond donors (Lipinski definition) is 1. The Kier molecular flexibility index (Phi) is 5.38. The number of hydrogen-bond acceptors (Lipinski definition) is 6. The second kappa shape index (κ2) is 8.08. The van der Waals surface area contributed by atoms with Crippen LogP contribution in [0.2, 0.25) is 0 Å². The third kappa shape index (κ3) is 4.30. The van der Waals surface area contributed by atoms with Gasteiger partial charge in [0.2, 0.25) is 17.6 Å². The van der Waals surface area contributed by atoms with Gasteiger partial charge in [0.05, 0.1) is 6.61 Å². The summed E-state index contributed by atoms with van der Waals surface area (Å²) in [7, 11) is 0. The highest BCUT2D eigenvalue weighted by molar-refractivity contribution is 5.76. The maximum absolute atomic E-state index is 12.6. The van der Waals surface area contributed by atoms with E-state index in [-0.39, 0.29) is 5.91 Å². The summed E-state index contributed by atoms with van der Waals surface area (Å²) in [5.41, 5.74) is 0.870. The van der Waals surface area contributed by atoms with Gasteiger partial charge in [-0.1, -0.05) is 5.16 Å². The largest absolute Gasteiger partial charge is 0.494 e. The average molecular weight is 370 g/mol. The van der Waals surface area contributed by atoms with Gasteiger partial charge in [-0.05, 0) is 50.5 Å². The number of benzene rings is 1. The first-order valence-electron chi connectivity index (χ1n) is 9.81. The predicted molar refractivity (Wildman–Crippen MR) is 100 cm³/mol. The minimum atomic E-state index is 0.171. The van der Waals surface area contributed by atoms with Gasteiger partial charge < -0.3 is 19.5 Å². The first-order chi connectivity index (χ1) is 13.2. The van der Waals surface area contributed by atoms with Gasteiger partial charge in [0.15, 0.2) is 0 Å². The molecule has 2 aromatic rings. The van der Waals surface area contributed by atoms with Gasteiger partial charge in [0, 0.05) is 43.6 Å². The summed E-state index contributed by atoms with van der Waals surface area (Å²) in [6.07, 6.45) is 4.33. The van der Waals surface area contributed by atoms with Gasteiger partial charge in [-0.15, -0.1) is 0 Å². The van der Waals surface area contributed by atoms with Crippen LogP contribution < -0.4 is 10.1 Å². The number of carbonyl (C=O) groups is 1. The Hall–Kier alpha value is -2.41. The van der Waals surface area contributed by atoms with E-state index in [4.69, 9.17) is 9.26 Å². The molecular weight excluding hydrogens is 344 g/mol. The molecule has 0 spiro atoms. The van der Waals surface area contributed by atoms with Crippen LogP contribution in [0, 0.1) is 0 Å². The lowest BCUT2D eigenvalue weighted by atomic mass is 10.1. The fraction of sp³-hybridized carbons (Fsp3) is 0.550. The van der Waals surface area contributed by atoms with Crippen LogP contribution in [0.5, 0.6) is 5.75 Å². The van der Waals surface area contributed by atoms with Crippen molar-refractivity contribution in [2.24, 2.45) is 0 Å². The SMILES string of the molecule is CCOc1ccc(-c2noc(CCC(=O)N3CCC4CCC(C3)N4)n2)cc1. The Bertz CT molecular complexity index is 774. The lowest BCUT2D eigenvalue weighted by Gasteiger charge is -2.24. The first kappa shape index (κ1) is 18.0. The van der Waals surface area contributed by atoms with Crippen LogP contribution >= 0.6 is 0 Å². The van der Waals surface area contributed by atoms with E-state index in [0.29, 0.717) is 43.2 Å². The average Bonchev–Trinajstić information content (AvgIpc) is 3.27. The van der Waals surface area contributed by atoms with Gasteiger partial charge >= 0.3 is 0 Å². The Morgan fingerprint density at radius 1 is 1.26 bits per heavy atom. The van der Waals surface area contributed by atoms with Crippen LogP contribution in [-0.4, -0.2) is 52.7 Å². The first-order valence-corrected chi connectivity index (χ1v) is 9.81. The highest BCUT2D eigenvalue weighted by Gasteiger charge is 2.31. The Labute approximate surface area is 159 Å². The molecule has 1 aromatic heterocycles. The van der Waals surface area contributed by atoms with E-state index >= 15 is 0 Å². The standard InChI is InChI=1S/C20H26N4O3/c1-2-26-17-7-3-14(4-8-17)20-22-18(27-23-20)9-10-19(25)24-12-11-15-5-6-16(13-24)21-15/h3-4,7-8,15-16,21H,2,5-6,9-13H2,1H3. The molecule has 0 aliphatic carbocycles. The summed E-state index contributed by atoms with van der Waals surface area (Å²) >= 11 is 0. The van der Waals surface area contributed by atoms with Crippen LogP contribution in [0.25, 0.3) is 11.4 Å². The molecule has 3 heterocycles. The molecule has 2 saturated heterocycles. The fourth-order valence-corrected chi connectivity index (χ4v) is 3.88. The summed E-state index contributed by atoms with van der Waals surface area (Å²) in [6.45, 7) is 4.24. The number of carbonyl (C=O) groups excluding carboxylic acids is 1. The van der Waals surface area contributed by atoms with Crippen LogP contribution in [0.15, 0.2) is 28.8 Å². The van der Waals surface area contributed by atoms with Crippen LogP contribution in [-0.2, 0) is 11.2 Å². The molecule has 1 amide bonds. The van der Waals surface area contributed by atoms with Gasteiger partial charge in [-0.25, -0.2) is 0 Å². The third-order valence-corrected chi connectivity index (χ3v) is 5.32. The monoisotopic (exact) mass is 370 g/mol. The van der Waals surface area contributed by atoms with Gasteiger partial charge in [0.1, 0.15) is 5.75 Å². The number of likely N-dealkylation sites (tertiary alicyclic amines) is 1. The maximum Gasteiger partial charge on any atom is 0.227 e. The van der Waals surface area contributed by atoms with Crippen molar-refractivity contribution in [3.05, 3.63) is 30.2 Å². The van der Waals surface area contributed by atoms with E-state index in [9.17, 15) is 4.79 Å². The highest BCUT2D eigenvalue weighted by atomic mass is 16.5. The number of rotatable bonds is 6. The molecule has 1 N–H and O–H groups in total. The van der Waals surface area contributed by atoms with Crippen molar-refractivity contribution < 1.29 is 14.1 Å². The Balaban J connectivity index is 1.32. The second-order valence-corrected chi connectivity index (χ2v) is 7.24. The van der Waals surface area contributed by atoms with Crippen molar-refractivity contribution in [1.82, 2.24) is 20.4 Å². The summed E-state index contributed by atoms with van der Waals surface area (Å²) in [5.74, 6) is 2.03. The Morgan fingerprint density at radius 2 is 2.07 bits per heavy atom. The number of amides is 1. The number of fused-ring (bicyclic) bond motifs is 2. The van der Waals surface area contributed by atoms with E-state index < -0.39 is 0 Å². The van der Waals surface area contributed by atoms with Gasteiger partial charge in [0.25, 0.3) is 0 Å². The van der Waals surface area contributed by atoms with Gasteiger partial charge in [-0.3, -0.25) is 4.79 Å². The van der Waals surface area contributed by atoms with E-state index in [1.54, 1.807) is 0 Å². The summed E-state index contributed by atoms with van der Waals surface area (Å²) in [5, 5.41) is 7.64. The maximum atomic E-state index is 12.6. The van der Waals surface area contributed by atoms with Crippen molar-refractivity contribution in [2.45, 2.75) is 51.1 Å². The van der Waals surface area contributed by atoms with Crippen LogP contribution in [0.3, 0.4) is 0 Å². The van der Waals surface area contributed by atoms with E-state index in [0.717, 1.165) is 30.8 Å². The molecule has 0 saturated carbocycles. The molecule has 2 bridgehead atoms. The smallest absolute Gasteiger partial charge is 0.227 e. The molecule has 2 aliphatic heterocycles. The molecule has 2 fully saturated rings. The van der Waals surface area contributed by atoms with Crippen molar-refractivity contribution in [3.63, 3.8) is 0 Å². The summed E-state index contributed by atoms with van der Waals surface area (Å²) < 4.78 is 10.8. The van der Waals surface area contributed by atoms with Crippen molar-refractivity contribution in [2.75, 3.05) is 19.7 Å². The third-order valence-electron chi connectivity index (χ3n) is 5.32. The van der Waals surface area contributed by atoms with Gasteiger partial charge in [-0.2, -0.15) is 4.98 Å². The zero-order valence-corrected chi connectivity index (χ0v) is 15.7. The van der Waals surface area contributed by atoms with Crippen LogP contribution in [0.1, 0.15) is 38.5 Å². The molecule has 2 aliphatic rings. The van der Waals surface area contributed by atoms with E-state index in [2.05, 4.69) is 15.5 Å². The van der Waals surface area contributed by atoms with Crippen molar-refractivity contribution >= 4 is 5.91 Å². The second-order valence-electron chi connectivity index (χ2n) is 7.24.